The monoisotopic (exact) mass is 282 g/mol. The van der Waals surface area contributed by atoms with Crippen molar-refractivity contribution < 1.29 is 14.4 Å². The second kappa shape index (κ2) is 8.30. The molecule has 0 N–H and O–H groups in total. The van der Waals surface area contributed by atoms with Crippen LogP contribution in [0.4, 0.5) is 4.79 Å². The molecular formula is C16H30N2O2. The van der Waals surface area contributed by atoms with Crippen molar-refractivity contribution in [1.29, 1.82) is 0 Å². The summed E-state index contributed by atoms with van der Waals surface area (Å²) < 4.78 is -0.0297. The second-order valence-electron chi connectivity index (χ2n) is 6.00. The summed E-state index contributed by atoms with van der Waals surface area (Å²) in [5.74, 6) is 0.660. The maximum Gasteiger partial charge on any atom is 0.263 e. The van der Waals surface area contributed by atoms with Gasteiger partial charge in [0.2, 0.25) is 0 Å². The van der Waals surface area contributed by atoms with Crippen molar-refractivity contribution in [2.45, 2.75) is 59.3 Å². The molecular weight excluding hydrogens is 252 g/mol. The van der Waals surface area contributed by atoms with E-state index in [4.69, 9.17) is 0 Å². The van der Waals surface area contributed by atoms with Crippen LogP contribution in [0.2, 0.25) is 0 Å². The number of unbranched alkanes of at least 4 members (excludes halogenated alkanes) is 2. The number of nitrogens with zero attached hydrogens (tertiary/aromatic N) is 2. The molecule has 2 atom stereocenters. The molecule has 0 aromatic carbocycles. The van der Waals surface area contributed by atoms with Gasteiger partial charge in [-0.15, -0.1) is 0 Å². The molecule has 0 fully saturated rings. The molecule has 0 bridgehead atoms. The summed E-state index contributed by atoms with van der Waals surface area (Å²) in [6.07, 6.45) is 9.58. The predicted octanol–water partition coefficient (Wildman–Crippen LogP) is 2.91. The Kier molecular flexibility index (Phi) is 7.06. The molecule has 116 valence electrons. The Labute approximate surface area is 123 Å². The molecule has 20 heavy (non-hydrogen) atoms. The third-order valence-corrected chi connectivity index (χ3v) is 4.31. The highest BCUT2D eigenvalue weighted by atomic mass is 16.4. The van der Waals surface area contributed by atoms with Gasteiger partial charge in [-0.1, -0.05) is 46.5 Å². The second-order valence-corrected chi connectivity index (χ2v) is 6.00. The van der Waals surface area contributed by atoms with E-state index in [2.05, 4.69) is 25.7 Å². The van der Waals surface area contributed by atoms with Gasteiger partial charge in [0.05, 0.1) is 12.7 Å². The highest BCUT2D eigenvalue weighted by Gasteiger charge is 2.34. The summed E-state index contributed by atoms with van der Waals surface area (Å²) in [7, 11) is 0. The minimum absolute atomic E-state index is 0.0297. The molecule has 4 heteroatoms. The molecule has 0 aliphatic carbocycles. The topological polar surface area (TPSA) is 43.4 Å². The van der Waals surface area contributed by atoms with Crippen LogP contribution >= 0.6 is 0 Å². The third kappa shape index (κ3) is 4.51. The van der Waals surface area contributed by atoms with Gasteiger partial charge in [0.15, 0.2) is 6.67 Å². The normalized spacial score (nSPS) is 23.2. The number of hydrogen-bond acceptors (Lipinski definition) is 3. The molecule has 0 saturated heterocycles. The van der Waals surface area contributed by atoms with Crippen LogP contribution in [0.15, 0.2) is 12.4 Å². The number of carboxylic acid groups (broad SMARTS) is 1. The average molecular weight is 282 g/mol. The fraction of sp³-hybridized carbons (Fsp3) is 0.812. The summed E-state index contributed by atoms with van der Waals surface area (Å²) in [5, 5.41) is 11.5. The van der Waals surface area contributed by atoms with Crippen molar-refractivity contribution in [3.63, 3.8) is 0 Å². The van der Waals surface area contributed by atoms with Crippen molar-refractivity contribution >= 4 is 6.09 Å². The molecule has 0 saturated carbocycles. The van der Waals surface area contributed by atoms with E-state index < -0.39 is 6.09 Å². The van der Waals surface area contributed by atoms with Crippen molar-refractivity contribution in [3.05, 3.63) is 12.4 Å². The Hall–Kier alpha value is -1.03. The lowest BCUT2D eigenvalue weighted by Gasteiger charge is -2.33. The predicted molar refractivity (Wildman–Crippen MR) is 79.5 cm³/mol. The van der Waals surface area contributed by atoms with Gasteiger partial charge in [0.1, 0.15) is 6.20 Å². The van der Waals surface area contributed by atoms with Crippen molar-refractivity contribution in [1.82, 2.24) is 4.90 Å². The average Bonchev–Trinajstić information content (AvgIpc) is 2.85. The molecule has 1 rings (SSSR count). The smallest absolute Gasteiger partial charge is 0.263 e. The van der Waals surface area contributed by atoms with Gasteiger partial charge in [0, 0.05) is 6.54 Å². The molecule has 1 amide bonds. The third-order valence-electron chi connectivity index (χ3n) is 4.31. The van der Waals surface area contributed by atoms with Gasteiger partial charge in [0.25, 0.3) is 6.09 Å². The van der Waals surface area contributed by atoms with Gasteiger partial charge in [-0.3, -0.25) is 0 Å². The quantitative estimate of drug-likeness (QED) is 0.611. The van der Waals surface area contributed by atoms with Crippen LogP contribution in [0.25, 0.3) is 0 Å². The van der Waals surface area contributed by atoms with Crippen molar-refractivity contribution in [2.75, 3.05) is 19.8 Å². The number of carbonyl (C=O) groups excluding carboxylic acids is 1. The molecule has 1 aliphatic heterocycles. The van der Waals surface area contributed by atoms with Crippen LogP contribution in [0.1, 0.15) is 59.3 Å². The fourth-order valence-electron chi connectivity index (χ4n) is 2.80. The Morgan fingerprint density at radius 2 is 2.00 bits per heavy atom. The Balaban J connectivity index is 2.55. The number of rotatable bonds is 9. The fourth-order valence-corrected chi connectivity index (χ4v) is 2.80. The highest BCUT2D eigenvalue weighted by Crippen LogP contribution is 2.22. The zero-order valence-corrected chi connectivity index (χ0v) is 13.3. The first-order chi connectivity index (χ1) is 9.57. The number of quaternary nitrogens is 1. The lowest BCUT2D eigenvalue weighted by molar-refractivity contribution is -0.830. The molecule has 0 aromatic heterocycles. The maximum atomic E-state index is 11.5. The minimum atomic E-state index is -0.973. The Bertz CT molecular complexity index is 330. The van der Waals surface area contributed by atoms with Crippen LogP contribution in [-0.2, 0) is 0 Å². The van der Waals surface area contributed by atoms with E-state index in [1.165, 1.54) is 19.3 Å². The van der Waals surface area contributed by atoms with Crippen molar-refractivity contribution in [3.8, 4) is 0 Å². The molecule has 0 radical (unpaired) electrons. The number of amides is 1. The maximum absolute atomic E-state index is 11.5. The molecule has 0 spiro atoms. The lowest BCUT2D eigenvalue weighted by atomic mass is 9.99. The zero-order valence-electron chi connectivity index (χ0n) is 13.3. The first-order valence-electron chi connectivity index (χ1n) is 8.09. The zero-order chi connectivity index (χ0) is 15.0. The van der Waals surface area contributed by atoms with Gasteiger partial charge in [-0.05, 0) is 18.8 Å². The van der Waals surface area contributed by atoms with E-state index in [1.807, 2.05) is 6.20 Å². The largest absolute Gasteiger partial charge is 0.498 e. The van der Waals surface area contributed by atoms with E-state index in [1.54, 1.807) is 6.20 Å². The van der Waals surface area contributed by atoms with Gasteiger partial charge < -0.3 is 14.8 Å². The minimum Gasteiger partial charge on any atom is -0.498 e. The van der Waals surface area contributed by atoms with Gasteiger partial charge >= 0.3 is 0 Å². The van der Waals surface area contributed by atoms with Gasteiger partial charge in [-0.2, -0.15) is 0 Å². The summed E-state index contributed by atoms with van der Waals surface area (Å²) in [5.41, 5.74) is 0. The number of carbonyl (C=O) groups is 1. The SMILES string of the molecule is CCCCC(CC)CN1C=C[N+](CCCC)(C(=O)[O-])C1. The molecule has 2 unspecified atom stereocenters. The van der Waals surface area contributed by atoms with E-state index in [-0.39, 0.29) is 4.48 Å². The van der Waals surface area contributed by atoms with Crippen LogP contribution in [0.5, 0.6) is 0 Å². The van der Waals surface area contributed by atoms with Crippen LogP contribution < -0.4 is 5.11 Å². The molecule has 1 heterocycles. The summed E-state index contributed by atoms with van der Waals surface area (Å²) in [6.45, 7) is 8.65. The summed E-state index contributed by atoms with van der Waals surface area (Å²) in [4.78, 5) is 13.6. The van der Waals surface area contributed by atoms with Crippen molar-refractivity contribution in [2.24, 2.45) is 5.92 Å². The van der Waals surface area contributed by atoms with E-state index in [9.17, 15) is 9.90 Å². The van der Waals surface area contributed by atoms with Gasteiger partial charge in [-0.25, -0.2) is 4.48 Å². The number of hydrogen-bond donors (Lipinski definition) is 0. The Morgan fingerprint density at radius 1 is 1.30 bits per heavy atom. The summed E-state index contributed by atoms with van der Waals surface area (Å²) in [6, 6.07) is 0. The van der Waals surface area contributed by atoms with E-state index in [0.717, 1.165) is 25.8 Å². The molecule has 1 aliphatic rings. The standard InChI is InChI=1S/C16H30N2O2/c1-4-7-9-15(6-3)13-17-10-12-18(14-17,16(19)20)11-8-5-2/h10,12,15H,4-9,11,13-14H2,1-3H3. The Morgan fingerprint density at radius 3 is 2.55 bits per heavy atom. The lowest BCUT2D eigenvalue weighted by Crippen LogP contribution is -2.56. The highest BCUT2D eigenvalue weighted by molar-refractivity contribution is 5.55. The van der Waals surface area contributed by atoms with E-state index >= 15 is 0 Å². The van der Waals surface area contributed by atoms with E-state index in [0.29, 0.717) is 19.1 Å². The van der Waals surface area contributed by atoms with Crippen LogP contribution in [0.3, 0.4) is 0 Å². The van der Waals surface area contributed by atoms with Crippen LogP contribution in [0, 0.1) is 5.92 Å². The molecule has 4 nitrogen and oxygen atoms in total. The summed E-state index contributed by atoms with van der Waals surface area (Å²) >= 11 is 0. The first-order valence-corrected chi connectivity index (χ1v) is 8.09. The molecule has 0 aromatic rings. The first kappa shape index (κ1) is 17.0. The van der Waals surface area contributed by atoms with Crippen LogP contribution in [-0.4, -0.2) is 35.2 Å².